The van der Waals surface area contributed by atoms with Crippen LogP contribution in [-0.2, 0) is 9.47 Å². The summed E-state index contributed by atoms with van der Waals surface area (Å²) >= 11 is 0. The third-order valence-electron chi connectivity index (χ3n) is 5.53. The maximum atomic E-state index is 6.13. The lowest BCUT2D eigenvalue weighted by atomic mass is 9.80. The Morgan fingerprint density at radius 2 is 2.09 bits per heavy atom. The van der Waals surface area contributed by atoms with Gasteiger partial charge in [-0.3, -0.25) is 9.88 Å². The van der Waals surface area contributed by atoms with Crippen LogP contribution in [0.5, 0.6) is 5.75 Å². The number of likely N-dealkylation sites (tertiary alicyclic amines) is 1. The number of nitrogens with zero attached hydrogens (tertiary/aromatic N) is 2. The van der Waals surface area contributed by atoms with Crippen LogP contribution in [0.3, 0.4) is 0 Å². The molecule has 3 fully saturated rings. The highest BCUT2D eigenvalue weighted by Gasteiger charge is 2.53. The molecule has 23 heavy (non-hydrogen) atoms. The SMILES string of the molecule is c1cncc(OCC2CCOC23CN(CC2CCOCC2)C3)c1. The minimum absolute atomic E-state index is 0.0351. The molecule has 0 bridgehead atoms. The van der Waals surface area contributed by atoms with E-state index in [0.717, 1.165) is 57.6 Å². The summed E-state index contributed by atoms with van der Waals surface area (Å²) in [6, 6.07) is 3.88. The van der Waals surface area contributed by atoms with E-state index in [1.807, 2.05) is 12.1 Å². The number of hydrogen-bond acceptors (Lipinski definition) is 5. The zero-order valence-electron chi connectivity index (χ0n) is 13.7. The van der Waals surface area contributed by atoms with Gasteiger partial charge in [0.25, 0.3) is 0 Å². The maximum Gasteiger partial charge on any atom is 0.137 e. The molecule has 4 rings (SSSR count). The highest BCUT2D eigenvalue weighted by molar-refractivity contribution is 5.16. The molecule has 0 radical (unpaired) electrons. The lowest BCUT2D eigenvalue weighted by molar-refractivity contribution is -0.143. The standard InChI is InChI=1S/C18H26N2O3/c1-2-17(10-19-6-1)22-12-16-5-9-23-18(16)13-20(14-18)11-15-3-7-21-8-4-15/h1-2,6,10,15-16H,3-5,7-9,11-14H2. The fourth-order valence-electron chi connectivity index (χ4n) is 4.13. The molecule has 3 aliphatic rings. The first-order chi connectivity index (χ1) is 11.3. The van der Waals surface area contributed by atoms with Gasteiger partial charge in [-0.25, -0.2) is 0 Å². The second-order valence-corrected chi connectivity index (χ2v) is 7.12. The Morgan fingerprint density at radius 1 is 1.22 bits per heavy atom. The van der Waals surface area contributed by atoms with Gasteiger partial charge in [0.2, 0.25) is 0 Å². The molecule has 3 saturated heterocycles. The Bertz CT molecular complexity index is 498. The van der Waals surface area contributed by atoms with Crippen LogP contribution in [0.1, 0.15) is 19.3 Å². The summed E-state index contributed by atoms with van der Waals surface area (Å²) in [5, 5.41) is 0. The topological polar surface area (TPSA) is 43.8 Å². The van der Waals surface area contributed by atoms with Crippen LogP contribution in [0.25, 0.3) is 0 Å². The fourth-order valence-corrected chi connectivity index (χ4v) is 4.13. The molecule has 0 amide bonds. The molecule has 0 aromatic carbocycles. The zero-order chi connectivity index (χ0) is 15.5. The molecule has 4 heterocycles. The summed E-state index contributed by atoms with van der Waals surface area (Å²) in [5.74, 6) is 2.15. The first-order valence-corrected chi connectivity index (χ1v) is 8.81. The minimum atomic E-state index is 0.0351. The van der Waals surface area contributed by atoms with Gasteiger partial charge >= 0.3 is 0 Å². The van der Waals surface area contributed by atoms with Crippen LogP contribution in [0.4, 0.5) is 0 Å². The summed E-state index contributed by atoms with van der Waals surface area (Å²) in [4.78, 5) is 6.66. The highest BCUT2D eigenvalue weighted by Crippen LogP contribution is 2.40. The largest absolute Gasteiger partial charge is 0.492 e. The molecule has 126 valence electrons. The van der Waals surface area contributed by atoms with E-state index in [9.17, 15) is 0 Å². The third-order valence-corrected chi connectivity index (χ3v) is 5.53. The van der Waals surface area contributed by atoms with Crippen LogP contribution in [0.2, 0.25) is 0 Å². The van der Waals surface area contributed by atoms with Crippen molar-refractivity contribution in [3.8, 4) is 5.75 Å². The lowest BCUT2D eigenvalue weighted by Crippen LogP contribution is -2.66. The normalized spacial score (nSPS) is 27.9. The van der Waals surface area contributed by atoms with Crippen molar-refractivity contribution in [2.75, 3.05) is 46.1 Å². The molecular formula is C18H26N2O3. The van der Waals surface area contributed by atoms with Crippen LogP contribution in [-0.4, -0.2) is 61.5 Å². The molecule has 0 saturated carbocycles. The Kier molecular flexibility index (Phi) is 4.51. The summed E-state index contributed by atoms with van der Waals surface area (Å²) in [5.41, 5.74) is 0.0351. The second kappa shape index (κ2) is 6.75. The van der Waals surface area contributed by atoms with E-state index in [1.54, 1.807) is 12.4 Å². The molecule has 5 heteroatoms. The lowest BCUT2D eigenvalue weighted by Gasteiger charge is -2.51. The van der Waals surface area contributed by atoms with E-state index in [1.165, 1.54) is 19.4 Å². The fraction of sp³-hybridized carbons (Fsp3) is 0.722. The van der Waals surface area contributed by atoms with Crippen molar-refractivity contribution in [3.63, 3.8) is 0 Å². The van der Waals surface area contributed by atoms with Gasteiger partial charge in [-0.1, -0.05) is 0 Å². The predicted octanol–water partition coefficient (Wildman–Crippen LogP) is 1.98. The Balaban J connectivity index is 1.27. The first kappa shape index (κ1) is 15.4. The average molecular weight is 318 g/mol. The van der Waals surface area contributed by atoms with Gasteiger partial charge in [-0.05, 0) is 37.3 Å². The maximum absolute atomic E-state index is 6.13. The molecular weight excluding hydrogens is 292 g/mol. The second-order valence-electron chi connectivity index (χ2n) is 7.12. The zero-order valence-corrected chi connectivity index (χ0v) is 13.7. The summed E-state index contributed by atoms with van der Waals surface area (Å²) in [6.07, 6.45) is 7.06. The molecule has 3 aliphatic heterocycles. The van der Waals surface area contributed by atoms with Gasteiger partial charge in [-0.15, -0.1) is 0 Å². The van der Waals surface area contributed by atoms with Crippen LogP contribution in [0, 0.1) is 11.8 Å². The van der Waals surface area contributed by atoms with Crippen LogP contribution in [0.15, 0.2) is 24.5 Å². The third kappa shape index (κ3) is 3.37. The summed E-state index contributed by atoms with van der Waals surface area (Å²) in [7, 11) is 0. The summed E-state index contributed by atoms with van der Waals surface area (Å²) < 4.78 is 17.5. The highest BCUT2D eigenvalue weighted by atomic mass is 16.5. The van der Waals surface area contributed by atoms with Crippen molar-refractivity contribution in [3.05, 3.63) is 24.5 Å². The van der Waals surface area contributed by atoms with E-state index in [0.29, 0.717) is 5.92 Å². The van der Waals surface area contributed by atoms with Gasteiger partial charge in [0.1, 0.15) is 5.75 Å². The number of pyridine rings is 1. The number of aromatic nitrogens is 1. The molecule has 0 aliphatic carbocycles. The van der Waals surface area contributed by atoms with Crippen molar-refractivity contribution >= 4 is 0 Å². The molecule has 1 unspecified atom stereocenters. The predicted molar refractivity (Wildman–Crippen MR) is 86.5 cm³/mol. The van der Waals surface area contributed by atoms with Crippen molar-refractivity contribution in [1.29, 1.82) is 0 Å². The van der Waals surface area contributed by atoms with E-state index in [-0.39, 0.29) is 5.60 Å². The van der Waals surface area contributed by atoms with Crippen molar-refractivity contribution < 1.29 is 14.2 Å². The molecule has 1 aromatic rings. The van der Waals surface area contributed by atoms with E-state index in [2.05, 4.69) is 9.88 Å². The van der Waals surface area contributed by atoms with Crippen LogP contribution >= 0.6 is 0 Å². The molecule has 5 nitrogen and oxygen atoms in total. The smallest absolute Gasteiger partial charge is 0.137 e. The van der Waals surface area contributed by atoms with Gasteiger partial charge in [-0.2, -0.15) is 0 Å². The van der Waals surface area contributed by atoms with Crippen LogP contribution < -0.4 is 4.74 Å². The molecule has 1 aromatic heterocycles. The van der Waals surface area contributed by atoms with Crippen molar-refractivity contribution in [2.24, 2.45) is 11.8 Å². The van der Waals surface area contributed by atoms with Gasteiger partial charge in [0, 0.05) is 51.6 Å². The quantitative estimate of drug-likeness (QED) is 0.830. The monoisotopic (exact) mass is 318 g/mol. The van der Waals surface area contributed by atoms with Gasteiger partial charge in [0.15, 0.2) is 0 Å². The Labute approximate surface area is 137 Å². The molecule has 1 atom stereocenters. The molecule has 0 N–H and O–H groups in total. The van der Waals surface area contributed by atoms with E-state index in [4.69, 9.17) is 14.2 Å². The van der Waals surface area contributed by atoms with Gasteiger partial charge < -0.3 is 14.2 Å². The number of hydrogen-bond donors (Lipinski definition) is 0. The first-order valence-electron chi connectivity index (χ1n) is 8.81. The van der Waals surface area contributed by atoms with Gasteiger partial charge in [0.05, 0.1) is 18.4 Å². The summed E-state index contributed by atoms with van der Waals surface area (Å²) in [6.45, 7) is 6.79. The molecule has 1 spiro atoms. The Hall–Kier alpha value is -1.17. The van der Waals surface area contributed by atoms with Crippen molar-refractivity contribution in [2.45, 2.75) is 24.9 Å². The van der Waals surface area contributed by atoms with E-state index < -0.39 is 0 Å². The minimum Gasteiger partial charge on any atom is -0.492 e. The number of rotatable bonds is 5. The van der Waals surface area contributed by atoms with E-state index >= 15 is 0 Å². The van der Waals surface area contributed by atoms with Crippen molar-refractivity contribution in [1.82, 2.24) is 9.88 Å². The Morgan fingerprint density at radius 3 is 2.87 bits per heavy atom. The average Bonchev–Trinajstić information content (AvgIpc) is 2.98. The number of ether oxygens (including phenoxy) is 3.